The first kappa shape index (κ1) is 23.9. The van der Waals surface area contributed by atoms with Gasteiger partial charge in [-0.15, -0.1) is 0 Å². The second-order valence-corrected chi connectivity index (χ2v) is 8.56. The number of hydrogen-bond acceptors (Lipinski definition) is 8. The van der Waals surface area contributed by atoms with Crippen molar-refractivity contribution in [1.82, 2.24) is 15.3 Å². The molecule has 0 bridgehead atoms. The first-order chi connectivity index (χ1) is 17.5. The molecule has 3 aromatic rings. The van der Waals surface area contributed by atoms with Crippen molar-refractivity contribution in [3.8, 4) is 11.3 Å². The van der Waals surface area contributed by atoms with E-state index in [1.54, 1.807) is 54.6 Å². The zero-order chi connectivity index (χ0) is 25.1. The minimum absolute atomic E-state index is 0.116. The van der Waals surface area contributed by atoms with E-state index in [9.17, 15) is 13.6 Å². The number of rotatable bonds is 7. The fraction of sp³-hybridized carbons (Fsp3) is 0.320. The third kappa shape index (κ3) is 4.54. The van der Waals surface area contributed by atoms with E-state index < -0.39 is 12.1 Å². The SMILES string of the molecule is NCCNC(=O)c1ccc(-c2cc(C3(C(F)F)Nc4ccccc4N3)nc(N3CCOCC3)n2)cc1. The van der Waals surface area contributed by atoms with Gasteiger partial charge in [-0.05, 0) is 30.3 Å². The summed E-state index contributed by atoms with van der Waals surface area (Å²) in [6, 6.07) is 15.4. The summed E-state index contributed by atoms with van der Waals surface area (Å²) in [5, 5.41) is 8.64. The minimum Gasteiger partial charge on any atom is -0.378 e. The molecule has 5 N–H and O–H groups in total. The van der Waals surface area contributed by atoms with Gasteiger partial charge in [0, 0.05) is 37.3 Å². The highest BCUT2D eigenvalue weighted by Gasteiger charge is 2.48. The van der Waals surface area contributed by atoms with Gasteiger partial charge in [-0.2, -0.15) is 0 Å². The maximum atomic E-state index is 14.7. The second kappa shape index (κ2) is 10.0. The molecule has 0 saturated carbocycles. The lowest BCUT2D eigenvalue weighted by Crippen LogP contribution is -2.47. The van der Waals surface area contributed by atoms with Crippen LogP contribution in [0.2, 0.25) is 0 Å². The van der Waals surface area contributed by atoms with Crippen LogP contribution in [0.25, 0.3) is 11.3 Å². The third-order valence-electron chi connectivity index (χ3n) is 6.20. The molecule has 0 spiro atoms. The highest BCUT2D eigenvalue weighted by atomic mass is 19.3. The number of aromatic nitrogens is 2. The number of ether oxygens (including phenoxy) is 1. The van der Waals surface area contributed by atoms with Crippen molar-refractivity contribution in [3.05, 3.63) is 65.9 Å². The molecule has 5 rings (SSSR count). The number of fused-ring (bicyclic) bond motifs is 1. The number of alkyl halides is 2. The smallest absolute Gasteiger partial charge is 0.285 e. The molecule has 0 atom stereocenters. The van der Waals surface area contributed by atoms with E-state index in [-0.39, 0.29) is 11.6 Å². The van der Waals surface area contributed by atoms with Gasteiger partial charge >= 0.3 is 0 Å². The van der Waals surface area contributed by atoms with E-state index in [0.717, 1.165) is 0 Å². The average Bonchev–Trinajstić information content (AvgIpc) is 3.33. The number of carbonyl (C=O) groups excluding carboxylic acids is 1. The number of anilines is 3. The number of hydrogen-bond donors (Lipinski definition) is 4. The number of benzene rings is 2. The molecule has 9 nitrogen and oxygen atoms in total. The van der Waals surface area contributed by atoms with Crippen molar-refractivity contribution in [2.75, 3.05) is 54.9 Å². The Morgan fingerprint density at radius 3 is 2.36 bits per heavy atom. The maximum absolute atomic E-state index is 14.7. The molecular formula is C25H27F2N7O2. The average molecular weight is 496 g/mol. The predicted molar refractivity (Wildman–Crippen MR) is 133 cm³/mol. The quantitative estimate of drug-likeness (QED) is 0.395. The number of para-hydroxylation sites is 2. The summed E-state index contributed by atoms with van der Waals surface area (Å²) in [7, 11) is 0. The topological polar surface area (TPSA) is 117 Å². The molecule has 1 fully saturated rings. The van der Waals surface area contributed by atoms with Crippen LogP contribution in [0.5, 0.6) is 0 Å². The van der Waals surface area contributed by atoms with E-state index in [2.05, 4.69) is 20.9 Å². The lowest BCUT2D eigenvalue weighted by molar-refractivity contribution is 0.0794. The molecule has 0 unspecified atom stereocenters. The molecule has 1 amide bonds. The highest BCUT2D eigenvalue weighted by Crippen LogP contribution is 2.43. The van der Waals surface area contributed by atoms with Crippen molar-refractivity contribution >= 4 is 23.2 Å². The van der Waals surface area contributed by atoms with Crippen LogP contribution in [-0.2, 0) is 10.4 Å². The maximum Gasteiger partial charge on any atom is 0.285 e. The second-order valence-electron chi connectivity index (χ2n) is 8.56. The third-order valence-corrected chi connectivity index (χ3v) is 6.20. The lowest BCUT2D eigenvalue weighted by Gasteiger charge is -2.32. The van der Waals surface area contributed by atoms with E-state index in [4.69, 9.17) is 15.5 Å². The molecule has 2 aliphatic rings. The summed E-state index contributed by atoms with van der Waals surface area (Å²) in [5.74, 6) is 0.105. The summed E-state index contributed by atoms with van der Waals surface area (Å²) in [6.45, 7) is 2.80. The van der Waals surface area contributed by atoms with Crippen LogP contribution in [0.4, 0.5) is 26.1 Å². The number of amides is 1. The fourth-order valence-electron chi connectivity index (χ4n) is 4.28. The normalized spacial score (nSPS) is 16.3. The number of carbonyl (C=O) groups is 1. The zero-order valence-corrected chi connectivity index (χ0v) is 19.5. The van der Waals surface area contributed by atoms with Gasteiger partial charge in [0.15, 0.2) is 0 Å². The Hall–Kier alpha value is -3.83. The molecule has 11 heteroatoms. The predicted octanol–water partition coefficient (Wildman–Crippen LogP) is 2.62. The van der Waals surface area contributed by atoms with Crippen molar-refractivity contribution in [3.63, 3.8) is 0 Å². The Morgan fingerprint density at radius 1 is 1.08 bits per heavy atom. The summed E-state index contributed by atoms with van der Waals surface area (Å²) in [6.07, 6.45) is -2.82. The van der Waals surface area contributed by atoms with Crippen molar-refractivity contribution in [2.24, 2.45) is 5.73 Å². The number of halogens is 2. The Labute approximate surface area is 207 Å². The standard InChI is InChI=1S/C25H27F2N7O2/c26-23(27)25(32-18-3-1-2-4-19(18)33-25)21-15-20(30-24(31-21)34-11-13-36-14-12-34)16-5-7-17(8-6-16)22(35)29-10-9-28/h1-8,15,23,32-33H,9-14,28H2,(H,29,35). The monoisotopic (exact) mass is 495 g/mol. The van der Waals surface area contributed by atoms with Gasteiger partial charge in [0.25, 0.3) is 12.3 Å². The van der Waals surface area contributed by atoms with Gasteiger partial charge in [-0.25, -0.2) is 18.7 Å². The number of morpholine rings is 1. The largest absolute Gasteiger partial charge is 0.378 e. The number of nitrogens with two attached hydrogens (primary N) is 1. The summed E-state index contributed by atoms with van der Waals surface area (Å²) < 4.78 is 34.9. The molecule has 1 aromatic heterocycles. The molecule has 0 radical (unpaired) electrons. The molecule has 2 aliphatic heterocycles. The van der Waals surface area contributed by atoms with E-state index in [1.807, 2.05) is 4.90 Å². The summed E-state index contributed by atoms with van der Waals surface area (Å²) >= 11 is 0. The van der Waals surface area contributed by atoms with Gasteiger partial charge < -0.3 is 31.3 Å². The Bertz CT molecular complexity index is 1210. The highest BCUT2D eigenvalue weighted by molar-refractivity contribution is 5.94. The molecule has 1 saturated heterocycles. The first-order valence-corrected chi connectivity index (χ1v) is 11.7. The van der Waals surface area contributed by atoms with Crippen LogP contribution < -0.4 is 26.6 Å². The molecule has 2 aromatic carbocycles. The first-order valence-electron chi connectivity index (χ1n) is 11.7. The van der Waals surface area contributed by atoms with Gasteiger partial charge in [0.05, 0.1) is 36.0 Å². The van der Waals surface area contributed by atoms with Crippen molar-refractivity contribution < 1.29 is 18.3 Å². The molecule has 3 heterocycles. The van der Waals surface area contributed by atoms with Gasteiger partial charge in [-0.1, -0.05) is 24.3 Å². The van der Waals surface area contributed by atoms with Crippen LogP contribution in [0.3, 0.4) is 0 Å². The zero-order valence-electron chi connectivity index (χ0n) is 19.5. The van der Waals surface area contributed by atoms with E-state index in [0.29, 0.717) is 73.5 Å². The van der Waals surface area contributed by atoms with Gasteiger partial charge in [-0.3, -0.25) is 4.79 Å². The van der Waals surface area contributed by atoms with Crippen LogP contribution in [-0.4, -0.2) is 61.7 Å². The van der Waals surface area contributed by atoms with Crippen LogP contribution in [0, 0.1) is 0 Å². The van der Waals surface area contributed by atoms with E-state index in [1.165, 1.54) is 0 Å². The summed E-state index contributed by atoms with van der Waals surface area (Å²) in [5.41, 5.74) is 6.38. The summed E-state index contributed by atoms with van der Waals surface area (Å²) in [4.78, 5) is 23.5. The fourth-order valence-corrected chi connectivity index (χ4v) is 4.28. The van der Waals surface area contributed by atoms with Gasteiger partial charge in [0.2, 0.25) is 11.6 Å². The van der Waals surface area contributed by atoms with Crippen molar-refractivity contribution in [2.45, 2.75) is 12.1 Å². The lowest BCUT2D eigenvalue weighted by atomic mass is 10.0. The van der Waals surface area contributed by atoms with Gasteiger partial charge in [0.1, 0.15) is 0 Å². The molecular weight excluding hydrogens is 468 g/mol. The minimum atomic E-state index is -2.82. The number of nitrogens with zero attached hydrogens (tertiary/aromatic N) is 3. The van der Waals surface area contributed by atoms with Crippen LogP contribution in [0.15, 0.2) is 54.6 Å². The Kier molecular flexibility index (Phi) is 6.66. The molecule has 0 aliphatic carbocycles. The van der Waals surface area contributed by atoms with Crippen molar-refractivity contribution in [1.29, 1.82) is 0 Å². The number of nitrogens with one attached hydrogen (secondary N) is 3. The van der Waals surface area contributed by atoms with Crippen LogP contribution in [0.1, 0.15) is 16.1 Å². The van der Waals surface area contributed by atoms with E-state index >= 15 is 0 Å². The molecule has 36 heavy (non-hydrogen) atoms. The van der Waals surface area contributed by atoms with Crippen LogP contribution >= 0.6 is 0 Å². The Morgan fingerprint density at radius 2 is 1.75 bits per heavy atom. The molecule has 188 valence electrons. The Balaban J connectivity index is 1.56.